The van der Waals surface area contributed by atoms with Crippen LogP contribution in [0.5, 0.6) is 0 Å². The summed E-state index contributed by atoms with van der Waals surface area (Å²) in [6.07, 6.45) is 1.96. The third-order valence-corrected chi connectivity index (χ3v) is 4.11. The molecule has 0 bridgehead atoms. The Kier molecular flexibility index (Phi) is 10.6. The Morgan fingerprint density at radius 3 is 2.57 bits per heavy atom. The van der Waals surface area contributed by atoms with Crippen molar-refractivity contribution in [1.82, 2.24) is 16.0 Å². The number of ether oxygens (including phenoxy) is 2. The number of aliphatic imine (C=N–C) groups is 1. The highest BCUT2D eigenvalue weighted by atomic mass is 127. The second-order valence-corrected chi connectivity index (χ2v) is 7.58. The molecule has 1 heterocycles. The SMILES string of the molecule is CN=C(NCC1CCCO1)NCC(NC(=O)OC(C)(C)C)c1ccccc1.I. The molecular formula is C20H33IN4O3. The summed E-state index contributed by atoms with van der Waals surface area (Å²) < 4.78 is 11.0. The molecule has 1 aliphatic rings. The average Bonchev–Trinajstić information content (AvgIpc) is 3.13. The van der Waals surface area contributed by atoms with E-state index in [1.165, 1.54) is 0 Å². The number of alkyl carbamates (subject to hydrolysis) is 1. The van der Waals surface area contributed by atoms with Crippen LogP contribution in [-0.4, -0.2) is 50.5 Å². The first-order chi connectivity index (χ1) is 12.9. The lowest BCUT2D eigenvalue weighted by Gasteiger charge is -2.25. The van der Waals surface area contributed by atoms with E-state index in [-0.39, 0.29) is 36.1 Å². The fraction of sp³-hybridized carbons (Fsp3) is 0.600. The number of rotatable bonds is 6. The molecule has 0 aliphatic carbocycles. The second kappa shape index (κ2) is 12.1. The Bertz CT molecular complexity index is 614. The van der Waals surface area contributed by atoms with Crippen molar-refractivity contribution in [3.05, 3.63) is 35.9 Å². The summed E-state index contributed by atoms with van der Waals surface area (Å²) in [5.74, 6) is 0.678. The number of nitrogens with zero attached hydrogens (tertiary/aromatic N) is 1. The minimum absolute atomic E-state index is 0. The van der Waals surface area contributed by atoms with Gasteiger partial charge >= 0.3 is 6.09 Å². The molecule has 0 aromatic heterocycles. The molecule has 28 heavy (non-hydrogen) atoms. The van der Waals surface area contributed by atoms with E-state index in [1.807, 2.05) is 51.1 Å². The van der Waals surface area contributed by atoms with E-state index in [2.05, 4.69) is 20.9 Å². The van der Waals surface area contributed by atoms with Gasteiger partial charge in [0.2, 0.25) is 0 Å². The fourth-order valence-corrected chi connectivity index (χ4v) is 2.82. The number of nitrogens with one attached hydrogen (secondary N) is 3. The molecule has 1 saturated heterocycles. The Balaban J connectivity index is 0.00000392. The lowest BCUT2D eigenvalue weighted by molar-refractivity contribution is 0.0504. The molecule has 1 amide bonds. The van der Waals surface area contributed by atoms with E-state index in [9.17, 15) is 4.79 Å². The average molecular weight is 504 g/mol. The zero-order valence-electron chi connectivity index (χ0n) is 17.2. The number of benzene rings is 1. The Morgan fingerprint density at radius 2 is 2.00 bits per heavy atom. The van der Waals surface area contributed by atoms with Crippen LogP contribution in [0.1, 0.15) is 45.2 Å². The highest BCUT2D eigenvalue weighted by molar-refractivity contribution is 14.0. The maximum absolute atomic E-state index is 12.2. The molecular weight excluding hydrogens is 471 g/mol. The predicted octanol–water partition coefficient (Wildman–Crippen LogP) is 3.21. The van der Waals surface area contributed by atoms with E-state index in [4.69, 9.17) is 9.47 Å². The van der Waals surface area contributed by atoms with Crippen LogP contribution in [0.15, 0.2) is 35.3 Å². The number of amides is 1. The lowest BCUT2D eigenvalue weighted by Crippen LogP contribution is -2.45. The summed E-state index contributed by atoms with van der Waals surface area (Å²) >= 11 is 0. The predicted molar refractivity (Wildman–Crippen MR) is 122 cm³/mol. The van der Waals surface area contributed by atoms with Crippen LogP contribution in [0.3, 0.4) is 0 Å². The van der Waals surface area contributed by atoms with Crippen LogP contribution in [0, 0.1) is 0 Å². The van der Waals surface area contributed by atoms with Gasteiger partial charge in [-0.05, 0) is 39.2 Å². The standard InChI is InChI=1S/C20H32N4O3.HI/c1-20(2,3)27-19(25)24-17(15-9-6-5-7-10-15)14-23-18(21-4)22-13-16-11-8-12-26-16;/h5-7,9-10,16-17H,8,11-14H2,1-4H3,(H,24,25)(H2,21,22,23);1H. The monoisotopic (exact) mass is 504 g/mol. The first-order valence-electron chi connectivity index (χ1n) is 9.48. The Morgan fingerprint density at radius 1 is 1.29 bits per heavy atom. The quantitative estimate of drug-likeness (QED) is 0.315. The van der Waals surface area contributed by atoms with Gasteiger partial charge in [-0.2, -0.15) is 0 Å². The molecule has 7 nitrogen and oxygen atoms in total. The van der Waals surface area contributed by atoms with Crippen molar-refractivity contribution in [2.24, 2.45) is 4.99 Å². The van der Waals surface area contributed by atoms with Crippen molar-refractivity contribution >= 4 is 36.0 Å². The zero-order chi connectivity index (χ0) is 19.7. The molecule has 0 spiro atoms. The molecule has 8 heteroatoms. The number of hydrogen-bond acceptors (Lipinski definition) is 4. The van der Waals surface area contributed by atoms with E-state index in [0.717, 1.165) is 31.6 Å². The van der Waals surface area contributed by atoms with E-state index in [0.29, 0.717) is 12.5 Å². The van der Waals surface area contributed by atoms with Crippen molar-refractivity contribution in [1.29, 1.82) is 0 Å². The first-order valence-corrected chi connectivity index (χ1v) is 9.48. The molecule has 1 aromatic rings. The molecule has 1 aliphatic heterocycles. The molecule has 2 rings (SSSR count). The molecule has 158 valence electrons. The molecule has 2 unspecified atom stereocenters. The van der Waals surface area contributed by atoms with Crippen LogP contribution in [0.25, 0.3) is 0 Å². The highest BCUT2D eigenvalue weighted by Crippen LogP contribution is 2.14. The number of carbonyl (C=O) groups is 1. The topological polar surface area (TPSA) is 84.0 Å². The number of guanidine groups is 1. The van der Waals surface area contributed by atoms with Crippen LogP contribution < -0.4 is 16.0 Å². The summed E-state index contributed by atoms with van der Waals surface area (Å²) in [5.41, 5.74) is 0.447. The first kappa shape index (κ1) is 24.5. The summed E-state index contributed by atoms with van der Waals surface area (Å²) in [4.78, 5) is 16.5. The third-order valence-electron chi connectivity index (χ3n) is 4.11. The third kappa shape index (κ3) is 9.09. The molecule has 1 aromatic carbocycles. The summed E-state index contributed by atoms with van der Waals surface area (Å²) in [6, 6.07) is 9.55. The number of halogens is 1. The lowest BCUT2D eigenvalue weighted by atomic mass is 10.1. The van der Waals surface area contributed by atoms with Crippen molar-refractivity contribution in [2.45, 2.75) is 51.4 Å². The van der Waals surface area contributed by atoms with Gasteiger partial charge in [0.05, 0.1) is 12.1 Å². The van der Waals surface area contributed by atoms with Crippen LogP contribution in [0.2, 0.25) is 0 Å². The van der Waals surface area contributed by atoms with Gasteiger partial charge in [-0.15, -0.1) is 24.0 Å². The zero-order valence-corrected chi connectivity index (χ0v) is 19.5. The smallest absolute Gasteiger partial charge is 0.408 e. The highest BCUT2D eigenvalue weighted by Gasteiger charge is 2.21. The van der Waals surface area contributed by atoms with Crippen molar-refractivity contribution < 1.29 is 14.3 Å². The van der Waals surface area contributed by atoms with E-state index >= 15 is 0 Å². The van der Waals surface area contributed by atoms with Gasteiger partial charge < -0.3 is 25.4 Å². The van der Waals surface area contributed by atoms with Crippen LogP contribution in [0.4, 0.5) is 4.79 Å². The Hall–Kier alpha value is -1.55. The van der Waals surface area contributed by atoms with Gasteiger partial charge in [-0.1, -0.05) is 30.3 Å². The minimum Gasteiger partial charge on any atom is -0.444 e. The number of hydrogen-bond donors (Lipinski definition) is 3. The minimum atomic E-state index is -0.544. The molecule has 2 atom stereocenters. The summed E-state index contributed by atoms with van der Waals surface area (Å²) in [6.45, 7) is 7.57. The normalized spacial score (nSPS) is 18.0. The van der Waals surface area contributed by atoms with Gasteiger partial charge in [0.25, 0.3) is 0 Å². The van der Waals surface area contributed by atoms with Crippen molar-refractivity contribution in [2.75, 3.05) is 26.7 Å². The fourth-order valence-electron chi connectivity index (χ4n) is 2.82. The van der Waals surface area contributed by atoms with Crippen LogP contribution >= 0.6 is 24.0 Å². The largest absolute Gasteiger partial charge is 0.444 e. The number of carbonyl (C=O) groups excluding carboxylic acids is 1. The molecule has 1 fully saturated rings. The summed E-state index contributed by atoms with van der Waals surface area (Å²) in [7, 11) is 1.73. The van der Waals surface area contributed by atoms with Crippen LogP contribution in [-0.2, 0) is 9.47 Å². The molecule has 0 radical (unpaired) electrons. The van der Waals surface area contributed by atoms with Gasteiger partial charge in [-0.3, -0.25) is 4.99 Å². The van der Waals surface area contributed by atoms with Gasteiger partial charge in [0, 0.05) is 26.7 Å². The van der Waals surface area contributed by atoms with Gasteiger partial charge in [-0.25, -0.2) is 4.79 Å². The maximum atomic E-state index is 12.2. The summed E-state index contributed by atoms with van der Waals surface area (Å²) in [5, 5.41) is 9.49. The van der Waals surface area contributed by atoms with E-state index < -0.39 is 11.7 Å². The maximum Gasteiger partial charge on any atom is 0.408 e. The van der Waals surface area contributed by atoms with Crippen molar-refractivity contribution in [3.63, 3.8) is 0 Å². The molecule has 3 N–H and O–H groups in total. The van der Waals surface area contributed by atoms with Gasteiger partial charge in [0.15, 0.2) is 5.96 Å². The van der Waals surface area contributed by atoms with Gasteiger partial charge in [0.1, 0.15) is 5.60 Å². The second-order valence-electron chi connectivity index (χ2n) is 7.58. The molecule has 0 saturated carbocycles. The van der Waals surface area contributed by atoms with Crippen molar-refractivity contribution in [3.8, 4) is 0 Å². The van der Waals surface area contributed by atoms with E-state index in [1.54, 1.807) is 7.05 Å². The Labute approximate surface area is 185 Å².